The predicted molar refractivity (Wildman–Crippen MR) is 82.9 cm³/mol. The summed E-state index contributed by atoms with van der Waals surface area (Å²) in [4.78, 5) is 2.34. The van der Waals surface area contributed by atoms with Crippen LogP contribution in [0.3, 0.4) is 0 Å². The lowest BCUT2D eigenvalue weighted by Crippen LogP contribution is -2.48. The Morgan fingerprint density at radius 3 is 2.90 bits per heavy atom. The lowest BCUT2D eigenvalue weighted by molar-refractivity contribution is -0.0895. The second-order valence-electron chi connectivity index (χ2n) is 5.54. The monoisotopic (exact) mass is 309 g/mol. The summed E-state index contributed by atoms with van der Waals surface area (Å²) in [5, 5.41) is 5.91. The Morgan fingerprint density at radius 1 is 1.19 bits per heavy atom. The summed E-state index contributed by atoms with van der Waals surface area (Å²) >= 11 is 0. The number of rotatable bonds is 1. The Labute approximate surface area is 130 Å². The number of fused-ring (bicyclic) bond motifs is 3. The number of likely N-dealkylation sites (N-methyl/N-ethyl adjacent to an activating group) is 1. The number of hydrogen-bond donors (Lipinski definition) is 0. The van der Waals surface area contributed by atoms with Gasteiger partial charge in [0.15, 0.2) is 0 Å². The van der Waals surface area contributed by atoms with Crippen LogP contribution in [0.2, 0.25) is 0 Å². The summed E-state index contributed by atoms with van der Waals surface area (Å²) in [6.45, 7) is 4.03. The molecule has 5 nitrogen and oxygen atoms in total. The van der Waals surface area contributed by atoms with Gasteiger partial charge in [-0.3, -0.25) is 9.58 Å². The fourth-order valence-electron chi connectivity index (χ4n) is 3.23. The van der Waals surface area contributed by atoms with Crippen molar-refractivity contribution in [1.82, 2.24) is 14.7 Å². The van der Waals surface area contributed by atoms with E-state index >= 15 is 0 Å². The van der Waals surface area contributed by atoms with Gasteiger partial charge in [-0.2, -0.15) is 5.10 Å². The number of hydrogen-bond acceptors (Lipinski definition) is 4. The third kappa shape index (κ3) is 2.44. The maximum Gasteiger partial charge on any atom is 0.117 e. The molecule has 1 aromatic heterocycles. The first-order chi connectivity index (χ1) is 9.84. The molecule has 3 heterocycles. The molecule has 1 fully saturated rings. The highest BCUT2D eigenvalue weighted by Gasteiger charge is 2.35. The van der Waals surface area contributed by atoms with Crippen molar-refractivity contribution in [3.63, 3.8) is 0 Å². The van der Waals surface area contributed by atoms with Crippen molar-refractivity contribution < 1.29 is 9.47 Å². The van der Waals surface area contributed by atoms with Gasteiger partial charge in [0.2, 0.25) is 0 Å². The van der Waals surface area contributed by atoms with Crippen LogP contribution in [0.4, 0.5) is 0 Å². The molecule has 1 aromatic carbocycles. The van der Waals surface area contributed by atoms with Crippen LogP contribution in [0, 0.1) is 0 Å². The minimum absolute atomic E-state index is 0. The highest BCUT2D eigenvalue weighted by atomic mass is 35.5. The Bertz CT molecular complexity index is 630. The molecule has 4 rings (SSSR count). The minimum Gasteiger partial charge on any atom is -0.378 e. The van der Waals surface area contributed by atoms with Crippen LogP contribution in [0.1, 0.15) is 11.8 Å². The van der Waals surface area contributed by atoms with Gasteiger partial charge in [0.25, 0.3) is 0 Å². The molecule has 0 aliphatic carbocycles. The molecule has 0 N–H and O–H groups in total. The molecule has 2 aromatic rings. The van der Waals surface area contributed by atoms with E-state index < -0.39 is 0 Å². The molecule has 0 amide bonds. The molecule has 21 heavy (non-hydrogen) atoms. The van der Waals surface area contributed by atoms with Crippen molar-refractivity contribution in [2.45, 2.75) is 18.7 Å². The van der Waals surface area contributed by atoms with Gasteiger partial charge in [0.05, 0.1) is 43.6 Å². The molecule has 2 atom stereocenters. The highest BCUT2D eigenvalue weighted by Crippen LogP contribution is 2.34. The second kappa shape index (κ2) is 5.93. The average molecular weight is 310 g/mol. The smallest absolute Gasteiger partial charge is 0.117 e. The van der Waals surface area contributed by atoms with Crippen LogP contribution in [0.25, 0.3) is 10.9 Å². The maximum atomic E-state index is 6.10. The number of nitrogens with zero attached hydrogens (tertiary/aromatic N) is 3. The standard InChI is InChI=1S/C15H19N3O2.ClH/c1-17-6-8-19-10-13(17)15-14-11-4-2-3-5-12(11)16-18(14)7-9-20-15;/h2-5,13,15H,6-10H2,1H3;1H/t13-,15+;/m0./s1. The number of halogens is 1. The normalized spacial score (nSPS) is 26.3. The summed E-state index contributed by atoms with van der Waals surface area (Å²) in [5.41, 5.74) is 2.26. The number of benzene rings is 1. The summed E-state index contributed by atoms with van der Waals surface area (Å²) in [6, 6.07) is 8.58. The minimum atomic E-state index is 0. The van der Waals surface area contributed by atoms with Crippen LogP contribution >= 0.6 is 12.4 Å². The summed E-state index contributed by atoms with van der Waals surface area (Å²) in [6.07, 6.45) is 0.0430. The number of morpholine rings is 1. The molecule has 6 heteroatoms. The van der Waals surface area contributed by atoms with Crippen molar-refractivity contribution in [1.29, 1.82) is 0 Å². The van der Waals surface area contributed by atoms with E-state index in [0.29, 0.717) is 0 Å². The van der Waals surface area contributed by atoms with Crippen LogP contribution in [-0.4, -0.2) is 54.1 Å². The third-order valence-corrected chi connectivity index (χ3v) is 4.35. The zero-order chi connectivity index (χ0) is 13.5. The lowest BCUT2D eigenvalue weighted by Gasteiger charge is -2.39. The quantitative estimate of drug-likeness (QED) is 0.806. The zero-order valence-corrected chi connectivity index (χ0v) is 12.9. The second-order valence-corrected chi connectivity index (χ2v) is 5.54. The molecule has 0 saturated carbocycles. The molecule has 2 aliphatic rings. The molecule has 0 bridgehead atoms. The third-order valence-electron chi connectivity index (χ3n) is 4.35. The summed E-state index contributed by atoms with van der Waals surface area (Å²) < 4.78 is 13.9. The van der Waals surface area contributed by atoms with Gasteiger partial charge in [-0.1, -0.05) is 18.2 Å². The molecule has 0 spiro atoms. The van der Waals surface area contributed by atoms with E-state index in [1.165, 1.54) is 11.1 Å². The van der Waals surface area contributed by atoms with E-state index in [9.17, 15) is 0 Å². The van der Waals surface area contributed by atoms with Gasteiger partial charge in [-0.15, -0.1) is 12.4 Å². The van der Waals surface area contributed by atoms with E-state index in [1.807, 2.05) is 6.07 Å². The first-order valence-electron chi connectivity index (χ1n) is 7.19. The van der Waals surface area contributed by atoms with Gasteiger partial charge >= 0.3 is 0 Å². The van der Waals surface area contributed by atoms with E-state index in [2.05, 4.69) is 34.8 Å². The molecule has 1 saturated heterocycles. The van der Waals surface area contributed by atoms with Crippen LogP contribution in [0.5, 0.6) is 0 Å². The summed E-state index contributed by atoms with van der Waals surface area (Å²) in [5.74, 6) is 0. The topological polar surface area (TPSA) is 39.5 Å². The predicted octanol–water partition coefficient (Wildman–Crippen LogP) is 1.86. The lowest BCUT2D eigenvalue weighted by atomic mass is 10.0. The number of ether oxygens (including phenoxy) is 2. The van der Waals surface area contributed by atoms with Crippen LogP contribution in [-0.2, 0) is 16.0 Å². The average Bonchev–Trinajstić information content (AvgIpc) is 2.86. The van der Waals surface area contributed by atoms with Crippen molar-refractivity contribution in [3.05, 3.63) is 30.0 Å². The SMILES string of the molecule is CN1CCOC[C@H]1[C@H]1OCCn2nc3ccccc3c21.Cl. The zero-order valence-electron chi connectivity index (χ0n) is 12.1. The molecule has 0 radical (unpaired) electrons. The molecular formula is C15H20ClN3O2. The van der Waals surface area contributed by atoms with Crippen molar-refractivity contribution in [2.24, 2.45) is 0 Å². The van der Waals surface area contributed by atoms with Gasteiger partial charge in [0, 0.05) is 11.9 Å². The van der Waals surface area contributed by atoms with Gasteiger partial charge in [-0.25, -0.2) is 0 Å². The Kier molecular flexibility index (Phi) is 4.17. The van der Waals surface area contributed by atoms with Crippen molar-refractivity contribution in [2.75, 3.05) is 33.4 Å². The fourth-order valence-corrected chi connectivity index (χ4v) is 3.23. The Morgan fingerprint density at radius 2 is 2.05 bits per heavy atom. The van der Waals surface area contributed by atoms with Crippen molar-refractivity contribution in [3.8, 4) is 0 Å². The fraction of sp³-hybridized carbons (Fsp3) is 0.533. The van der Waals surface area contributed by atoms with Gasteiger partial charge in [-0.05, 0) is 13.1 Å². The van der Waals surface area contributed by atoms with Gasteiger partial charge < -0.3 is 9.47 Å². The Balaban J connectivity index is 0.00000132. The van der Waals surface area contributed by atoms with Gasteiger partial charge in [0.1, 0.15) is 6.10 Å². The van der Waals surface area contributed by atoms with E-state index in [0.717, 1.165) is 38.4 Å². The molecular weight excluding hydrogens is 290 g/mol. The maximum absolute atomic E-state index is 6.10. The largest absolute Gasteiger partial charge is 0.378 e. The Hall–Kier alpha value is -1.14. The summed E-state index contributed by atoms with van der Waals surface area (Å²) in [7, 11) is 2.15. The van der Waals surface area contributed by atoms with Crippen LogP contribution in [0.15, 0.2) is 24.3 Å². The van der Waals surface area contributed by atoms with E-state index in [4.69, 9.17) is 14.6 Å². The van der Waals surface area contributed by atoms with E-state index in [1.54, 1.807) is 0 Å². The molecule has 2 aliphatic heterocycles. The number of aromatic nitrogens is 2. The molecule has 0 unspecified atom stereocenters. The van der Waals surface area contributed by atoms with Crippen LogP contribution < -0.4 is 0 Å². The first-order valence-corrected chi connectivity index (χ1v) is 7.19. The van der Waals surface area contributed by atoms with Crippen molar-refractivity contribution >= 4 is 23.3 Å². The highest BCUT2D eigenvalue weighted by molar-refractivity contribution is 5.85. The molecule has 114 valence electrons. The van der Waals surface area contributed by atoms with E-state index in [-0.39, 0.29) is 24.6 Å². The first kappa shape index (κ1) is 14.8.